The average molecular weight is 435 g/mol. The van der Waals surface area contributed by atoms with Gasteiger partial charge in [-0.3, -0.25) is 0 Å². The Kier molecular flexibility index (Phi) is 6.48. The van der Waals surface area contributed by atoms with E-state index in [1.165, 1.54) is 0 Å². The highest BCUT2D eigenvalue weighted by Gasteiger charge is 2.09. The van der Waals surface area contributed by atoms with Crippen LogP contribution in [0.4, 0.5) is 0 Å². The zero-order chi connectivity index (χ0) is 15.2. The number of rotatable bonds is 6. The van der Waals surface area contributed by atoms with Crippen molar-refractivity contribution in [3.05, 3.63) is 50.0 Å². The van der Waals surface area contributed by atoms with Gasteiger partial charge >= 0.3 is 0 Å². The molecule has 2 aromatic rings. The molecule has 0 aliphatic carbocycles. The van der Waals surface area contributed by atoms with Crippen LogP contribution in [0.25, 0.3) is 0 Å². The Morgan fingerprint density at radius 1 is 1.29 bits per heavy atom. The van der Waals surface area contributed by atoms with Crippen molar-refractivity contribution in [2.75, 3.05) is 6.54 Å². The molecule has 0 saturated carbocycles. The van der Waals surface area contributed by atoms with Crippen LogP contribution in [-0.2, 0) is 6.54 Å². The molecule has 3 nitrogen and oxygen atoms in total. The number of hydrogen-bond donors (Lipinski definition) is 1. The van der Waals surface area contributed by atoms with Gasteiger partial charge in [0.15, 0.2) is 0 Å². The predicted octanol–water partition coefficient (Wildman–Crippen LogP) is 5.55. The fraction of sp³-hybridized carbons (Fsp3) is 0.267. The topological polar surface area (TPSA) is 34.2 Å². The molecule has 0 spiro atoms. The summed E-state index contributed by atoms with van der Waals surface area (Å²) < 4.78 is 7.55. The van der Waals surface area contributed by atoms with E-state index in [9.17, 15) is 0 Å². The van der Waals surface area contributed by atoms with Gasteiger partial charge in [-0.25, -0.2) is 4.98 Å². The first-order valence-electron chi connectivity index (χ1n) is 6.58. The number of ether oxygens (including phenoxy) is 1. The summed E-state index contributed by atoms with van der Waals surface area (Å²) in [7, 11) is 0. The summed E-state index contributed by atoms with van der Waals surface area (Å²) in [6.07, 6.45) is 2.87. The second-order valence-corrected chi connectivity index (χ2v) is 6.66. The van der Waals surface area contributed by atoms with E-state index in [2.05, 4.69) is 49.1 Å². The lowest BCUT2D eigenvalue weighted by Crippen LogP contribution is -2.13. The summed E-state index contributed by atoms with van der Waals surface area (Å²) in [6.45, 7) is 3.86. The Balaban J connectivity index is 2.10. The lowest BCUT2D eigenvalue weighted by Gasteiger charge is -2.10. The largest absolute Gasteiger partial charge is 0.436 e. The van der Waals surface area contributed by atoms with Gasteiger partial charge in [-0.05, 0) is 58.7 Å². The van der Waals surface area contributed by atoms with Gasteiger partial charge < -0.3 is 10.1 Å². The smallest absolute Gasteiger partial charge is 0.238 e. The van der Waals surface area contributed by atoms with Crippen LogP contribution in [0.2, 0.25) is 5.02 Å². The maximum atomic E-state index is 6.24. The van der Waals surface area contributed by atoms with E-state index in [4.69, 9.17) is 16.3 Å². The molecule has 0 radical (unpaired) electrons. The molecule has 0 aliphatic heterocycles. The van der Waals surface area contributed by atoms with Crippen LogP contribution in [0.5, 0.6) is 11.6 Å². The lowest BCUT2D eigenvalue weighted by molar-refractivity contribution is 0.459. The van der Waals surface area contributed by atoms with Crippen molar-refractivity contribution in [3.63, 3.8) is 0 Å². The van der Waals surface area contributed by atoms with Gasteiger partial charge in [-0.1, -0.05) is 34.5 Å². The van der Waals surface area contributed by atoms with Gasteiger partial charge in [0.1, 0.15) is 10.8 Å². The van der Waals surface area contributed by atoms with Crippen LogP contribution in [0.3, 0.4) is 0 Å². The normalized spacial score (nSPS) is 10.7. The van der Waals surface area contributed by atoms with E-state index in [0.29, 0.717) is 16.7 Å². The number of halogens is 3. The summed E-state index contributed by atoms with van der Waals surface area (Å²) >= 11 is 13.1. The second-order valence-electron chi connectivity index (χ2n) is 4.48. The van der Waals surface area contributed by atoms with E-state index in [1.54, 1.807) is 6.20 Å². The molecular formula is C15H15Br2ClN2O. The molecule has 0 fully saturated rings. The number of nitrogens with zero attached hydrogens (tertiary/aromatic N) is 1. The first kappa shape index (κ1) is 16.7. The zero-order valence-electron chi connectivity index (χ0n) is 11.5. The van der Waals surface area contributed by atoms with Crippen LogP contribution < -0.4 is 10.1 Å². The Morgan fingerprint density at radius 2 is 2.10 bits per heavy atom. The minimum atomic E-state index is 0.402. The van der Waals surface area contributed by atoms with Crippen molar-refractivity contribution in [2.24, 2.45) is 0 Å². The Labute approximate surface area is 146 Å². The molecule has 0 atom stereocenters. The van der Waals surface area contributed by atoms with E-state index < -0.39 is 0 Å². The number of hydrogen-bond acceptors (Lipinski definition) is 3. The zero-order valence-corrected chi connectivity index (χ0v) is 15.4. The van der Waals surface area contributed by atoms with E-state index in [-0.39, 0.29) is 0 Å². The van der Waals surface area contributed by atoms with Gasteiger partial charge in [0.2, 0.25) is 5.88 Å². The molecule has 1 N–H and O–H groups in total. The van der Waals surface area contributed by atoms with Crippen LogP contribution in [0, 0.1) is 0 Å². The molecule has 0 bridgehead atoms. The van der Waals surface area contributed by atoms with Crippen molar-refractivity contribution in [1.29, 1.82) is 0 Å². The monoisotopic (exact) mass is 432 g/mol. The molecule has 0 saturated heterocycles. The Hall–Kier alpha value is -0.620. The minimum absolute atomic E-state index is 0.402. The first-order chi connectivity index (χ1) is 10.1. The lowest BCUT2D eigenvalue weighted by atomic mass is 10.3. The van der Waals surface area contributed by atoms with Gasteiger partial charge in [-0.2, -0.15) is 0 Å². The van der Waals surface area contributed by atoms with Gasteiger partial charge in [-0.15, -0.1) is 0 Å². The highest BCUT2D eigenvalue weighted by Crippen LogP contribution is 2.34. The molecular weight excluding hydrogens is 419 g/mol. The molecule has 6 heteroatoms. The molecule has 2 rings (SSSR count). The van der Waals surface area contributed by atoms with E-state index in [1.807, 2.05) is 24.3 Å². The molecule has 1 heterocycles. The molecule has 1 aromatic carbocycles. The van der Waals surface area contributed by atoms with E-state index in [0.717, 1.165) is 34.0 Å². The van der Waals surface area contributed by atoms with Crippen molar-refractivity contribution in [3.8, 4) is 11.6 Å². The highest BCUT2D eigenvalue weighted by atomic mass is 79.9. The van der Waals surface area contributed by atoms with Crippen molar-refractivity contribution >= 4 is 43.5 Å². The summed E-state index contributed by atoms with van der Waals surface area (Å²) in [6, 6.07) is 7.53. The highest BCUT2D eigenvalue weighted by molar-refractivity contribution is 9.11. The minimum Gasteiger partial charge on any atom is -0.436 e. The van der Waals surface area contributed by atoms with Crippen LogP contribution in [0.1, 0.15) is 18.9 Å². The SMILES string of the molecule is CCCNCc1cnc(Oc2ccc(Br)cc2Br)c(Cl)c1. The maximum Gasteiger partial charge on any atom is 0.238 e. The van der Waals surface area contributed by atoms with Crippen molar-refractivity contribution < 1.29 is 4.74 Å². The Morgan fingerprint density at radius 3 is 2.76 bits per heavy atom. The summed E-state index contributed by atoms with van der Waals surface area (Å²) in [5.74, 6) is 1.07. The van der Waals surface area contributed by atoms with Gasteiger partial charge in [0, 0.05) is 17.2 Å². The molecule has 0 unspecified atom stereocenters. The average Bonchev–Trinajstić information content (AvgIpc) is 2.44. The van der Waals surface area contributed by atoms with Crippen molar-refractivity contribution in [2.45, 2.75) is 19.9 Å². The van der Waals surface area contributed by atoms with E-state index >= 15 is 0 Å². The quantitative estimate of drug-likeness (QED) is 0.605. The predicted molar refractivity (Wildman–Crippen MR) is 93.2 cm³/mol. The summed E-state index contributed by atoms with van der Waals surface area (Å²) in [4.78, 5) is 4.29. The molecule has 0 aliphatic rings. The molecule has 0 amide bonds. The third-order valence-electron chi connectivity index (χ3n) is 2.72. The third kappa shape index (κ3) is 4.95. The second kappa shape index (κ2) is 8.13. The number of benzene rings is 1. The summed E-state index contributed by atoms with van der Waals surface area (Å²) in [5.41, 5.74) is 1.04. The maximum absolute atomic E-state index is 6.24. The van der Waals surface area contributed by atoms with Gasteiger partial charge in [0.05, 0.1) is 4.47 Å². The van der Waals surface area contributed by atoms with Crippen LogP contribution >= 0.6 is 43.5 Å². The Bertz CT molecular complexity index is 623. The first-order valence-corrected chi connectivity index (χ1v) is 8.54. The van der Waals surface area contributed by atoms with Crippen LogP contribution in [-0.4, -0.2) is 11.5 Å². The van der Waals surface area contributed by atoms with Crippen molar-refractivity contribution in [1.82, 2.24) is 10.3 Å². The number of aromatic nitrogens is 1. The van der Waals surface area contributed by atoms with Crippen LogP contribution in [0.15, 0.2) is 39.4 Å². The molecule has 21 heavy (non-hydrogen) atoms. The van der Waals surface area contributed by atoms with Gasteiger partial charge in [0.25, 0.3) is 0 Å². The number of nitrogens with one attached hydrogen (secondary N) is 1. The third-order valence-corrected chi connectivity index (χ3v) is 4.10. The summed E-state index contributed by atoms with van der Waals surface area (Å²) in [5, 5.41) is 3.81. The fourth-order valence-electron chi connectivity index (χ4n) is 1.71. The molecule has 1 aromatic heterocycles. The number of pyridine rings is 1. The molecule has 112 valence electrons. The fourth-order valence-corrected chi connectivity index (χ4v) is 3.06. The standard InChI is InChI=1S/C15H15Br2ClN2O/c1-2-5-19-8-10-6-13(18)15(20-9-10)21-14-4-3-11(16)7-12(14)17/h3-4,6-7,9,19H,2,5,8H2,1H3.